The molecule has 18 aromatic carbocycles. The first-order chi connectivity index (χ1) is 68.8. The van der Waals surface area contributed by atoms with Crippen molar-refractivity contribution in [2.75, 3.05) is 0 Å². The van der Waals surface area contributed by atoms with E-state index in [9.17, 15) is 0 Å². The highest BCUT2D eigenvalue weighted by Crippen LogP contribution is 2.53. The highest BCUT2D eigenvalue weighted by atomic mass is 16.3. The van der Waals surface area contributed by atoms with Gasteiger partial charge in [0, 0.05) is 99.1 Å². The number of hydrogen-bond donors (Lipinski definition) is 0. The summed E-state index contributed by atoms with van der Waals surface area (Å²) < 4.78 is 13.9. The molecule has 0 saturated carbocycles. The third kappa shape index (κ3) is 14.6. The fourth-order valence-corrected chi connectivity index (χ4v) is 20.8. The predicted molar refractivity (Wildman–Crippen MR) is 566 cm³/mol. The molecule has 658 valence electrons. The molecule has 6 heterocycles. The maximum atomic E-state index is 7.07. The van der Waals surface area contributed by atoms with E-state index in [4.69, 9.17) is 58.7 Å². The molecule has 0 fully saturated rings. The summed E-state index contributed by atoms with van der Waals surface area (Å²) in [7, 11) is 0. The van der Waals surface area contributed by atoms with E-state index < -0.39 is 0 Å². The van der Waals surface area contributed by atoms with Gasteiger partial charge < -0.3 is 8.83 Å². The van der Waals surface area contributed by atoms with Crippen LogP contribution in [0.15, 0.2) is 446 Å². The van der Waals surface area contributed by atoms with E-state index in [1.54, 1.807) is 0 Å². The van der Waals surface area contributed by atoms with Crippen molar-refractivity contribution in [3.05, 3.63) is 459 Å². The van der Waals surface area contributed by atoms with Crippen LogP contribution in [0.4, 0.5) is 0 Å². The Bertz CT molecular complexity index is 9120. The van der Waals surface area contributed by atoms with Crippen LogP contribution in [0.25, 0.3) is 258 Å². The molecule has 140 heavy (non-hydrogen) atoms. The van der Waals surface area contributed by atoms with Crippen molar-refractivity contribution in [3.63, 3.8) is 0 Å². The third-order valence-electron chi connectivity index (χ3n) is 28.1. The summed E-state index contributed by atoms with van der Waals surface area (Å²) in [4.78, 5) is 53.7. The summed E-state index contributed by atoms with van der Waals surface area (Å²) in [6.45, 7) is 9.23. The van der Waals surface area contributed by atoms with Crippen LogP contribution in [-0.2, 0) is 10.8 Å². The number of benzene rings is 18. The SMILES string of the molecule is CC1(C)c2ccccc2-c2ccc(-c3nc(-c4ccccc4)cc(-c4cccc(-c5cccc(-c6nc(-c7cccc(-c8ccccc8)c7)nc(-c7ccc8c(c7)oc7ccc(-c9ccc(-c%10nc(-c%11cccc(-c%12cccc(-c%13cc(-c%14ccccc%14)nc(-c%14ccc%15c(c%14)C(C)(C)c%14ccccc%14-%15)n%13)c%12)c%11)nc(-c%11cccc%12c%11oc%11c(-c%13ccccc%13)cccc%11%12)n%10)cc9)cc78)n6)c5)c4)n3)cc21. The second kappa shape index (κ2) is 33.4. The Labute approximate surface area is 808 Å². The van der Waals surface area contributed by atoms with Gasteiger partial charge in [0.05, 0.1) is 28.3 Å². The Morgan fingerprint density at radius 3 is 0.936 bits per heavy atom. The average molecular weight is 1790 g/mol. The first-order valence-corrected chi connectivity index (χ1v) is 47.4. The topological polar surface area (TPSA) is 155 Å². The molecule has 0 saturated heterocycles. The molecule has 0 aliphatic heterocycles. The first kappa shape index (κ1) is 82.4. The number of para-hydroxylation sites is 2. The molecule has 0 N–H and O–H groups in total. The van der Waals surface area contributed by atoms with Crippen molar-refractivity contribution in [3.8, 4) is 214 Å². The molecule has 26 rings (SSSR count). The third-order valence-corrected chi connectivity index (χ3v) is 28.1. The van der Waals surface area contributed by atoms with Gasteiger partial charge in [0.25, 0.3) is 0 Å². The average Bonchev–Trinajstić information content (AvgIpc) is 1.58. The zero-order valence-electron chi connectivity index (χ0n) is 76.9. The smallest absolute Gasteiger partial charge is 0.167 e. The fraction of sp³-hybridized carbons (Fsp3) is 0.0469. The maximum absolute atomic E-state index is 7.07. The molecule has 0 radical (unpaired) electrons. The van der Waals surface area contributed by atoms with Crippen molar-refractivity contribution in [1.82, 2.24) is 49.8 Å². The molecular weight excluding hydrogens is 1710 g/mol. The number of furan rings is 2. The summed E-state index contributed by atoms with van der Waals surface area (Å²) in [5, 5.41) is 3.88. The number of fused-ring (bicyclic) bond motifs is 12. The van der Waals surface area contributed by atoms with E-state index in [-0.39, 0.29) is 10.8 Å². The molecule has 0 unspecified atom stereocenters. The van der Waals surface area contributed by atoms with E-state index in [0.29, 0.717) is 57.8 Å². The Hall–Kier alpha value is -18.3. The maximum Gasteiger partial charge on any atom is 0.167 e. The van der Waals surface area contributed by atoms with Gasteiger partial charge in [-0.05, 0) is 180 Å². The number of aromatic nitrogens is 10. The van der Waals surface area contributed by atoms with Crippen molar-refractivity contribution >= 4 is 43.9 Å². The number of rotatable bonds is 17. The number of hydrogen-bond acceptors (Lipinski definition) is 12. The van der Waals surface area contributed by atoms with Gasteiger partial charge in [0.15, 0.2) is 46.6 Å². The Morgan fingerprint density at radius 2 is 0.450 bits per heavy atom. The van der Waals surface area contributed by atoms with E-state index in [2.05, 4.69) is 434 Å². The van der Waals surface area contributed by atoms with E-state index in [1.165, 1.54) is 44.5 Å². The summed E-state index contributed by atoms with van der Waals surface area (Å²) in [6, 6.07) is 153. The monoisotopic (exact) mass is 1790 g/mol. The van der Waals surface area contributed by atoms with Crippen LogP contribution in [0.1, 0.15) is 49.9 Å². The molecular formula is C128H84N10O2. The Kier molecular flexibility index (Phi) is 19.6. The van der Waals surface area contributed by atoms with E-state index in [0.717, 1.165) is 178 Å². The quantitative estimate of drug-likeness (QED) is 0.0852. The highest BCUT2D eigenvalue weighted by Gasteiger charge is 2.38. The zero-order valence-corrected chi connectivity index (χ0v) is 76.9. The van der Waals surface area contributed by atoms with E-state index in [1.807, 2.05) is 30.3 Å². The molecule has 12 nitrogen and oxygen atoms in total. The van der Waals surface area contributed by atoms with Gasteiger partial charge in [-0.15, -0.1) is 0 Å². The van der Waals surface area contributed by atoms with Gasteiger partial charge in [-0.2, -0.15) is 0 Å². The van der Waals surface area contributed by atoms with Crippen LogP contribution in [0.3, 0.4) is 0 Å². The Morgan fingerprint density at radius 1 is 0.150 bits per heavy atom. The zero-order chi connectivity index (χ0) is 93.3. The summed E-state index contributed by atoms with van der Waals surface area (Å²) in [5.41, 5.74) is 37.0. The predicted octanol–water partition coefficient (Wildman–Crippen LogP) is 32.4. The molecule has 24 aromatic rings. The largest absolute Gasteiger partial charge is 0.456 e. The molecule has 12 heteroatoms. The van der Waals surface area contributed by atoms with Gasteiger partial charge in [-0.1, -0.05) is 380 Å². The Balaban J connectivity index is 0.533. The number of nitrogens with zero attached hydrogens (tertiary/aromatic N) is 10. The highest BCUT2D eigenvalue weighted by molar-refractivity contribution is 6.13. The second-order valence-electron chi connectivity index (χ2n) is 37.3. The molecule has 0 atom stereocenters. The van der Waals surface area contributed by atoms with Crippen molar-refractivity contribution < 1.29 is 8.83 Å². The summed E-state index contributed by atoms with van der Waals surface area (Å²) in [5.74, 6) is 4.37. The van der Waals surface area contributed by atoms with Crippen LogP contribution >= 0.6 is 0 Å². The lowest BCUT2D eigenvalue weighted by molar-refractivity contribution is 0.660. The minimum absolute atomic E-state index is 0.188. The normalized spacial score (nSPS) is 12.7. The van der Waals surface area contributed by atoms with Crippen LogP contribution in [0.5, 0.6) is 0 Å². The summed E-state index contributed by atoms with van der Waals surface area (Å²) >= 11 is 0. The van der Waals surface area contributed by atoms with Gasteiger partial charge in [-0.3, -0.25) is 0 Å². The molecule has 6 aromatic heterocycles. The van der Waals surface area contributed by atoms with Crippen molar-refractivity contribution in [2.24, 2.45) is 0 Å². The molecule has 2 aliphatic carbocycles. The minimum Gasteiger partial charge on any atom is -0.456 e. The van der Waals surface area contributed by atoms with Crippen LogP contribution in [0, 0.1) is 0 Å². The fourth-order valence-electron chi connectivity index (χ4n) is 20.8. The summed E-state index contributed by atoms with van der Waals surface area (Å²) in [6.07, 6.45) is 0. The van der Waals surface area contributed by atoms with Gasteiger partial charge in [0.2, 0.25) is 0 Å². The molecule has 0 spiro atoms. The lowest BCUT2D eigenvalue weighted by Crippen LogP contribution is -2.15. The molecule has 0 amide bonds. The minimum atomic E-state index is -0.193. The van der Waals surface area contributed by atoms with Crippen LogP contribution < -0.4 is 0 Å². The standard InChI is InChI=1S/C128H84N10O2/c1-127(2)107-52-19-17-46-98(107)100-62-58-94(72-109(100)127)120-129-111(80-32-13-7-14-33-80)75-113(131-120)89-41-21-37-84(66-89)86-39-24-44-92(69-86)123-134-122(91-43-23-36-83(68-91)77-28-9-5-10-29-77)135-125(136-123)96-60-64-102-106-71-88(61-65-115(106)139-116(102)74-96)78-54-56-82(57-55-78)119-133-124(138-126(137-119)105-51-27-50-104-103-49-26-48-97(117(103)140-118(104)105)79-30-11-6-12-31-79)93-45-25-40-87(70-93)85-38-22-42-90(67-85)114-76-112(81-34-15-8-16-35-81)130-121(132-114)95-59-63-101-99-47-18-20-53-108(99)128(3,4)110(101)73-95/h5-76H,1-4H3. The molecule has 0 bridgehead atoms. The first-order valence-electron chi connectivity index (χ1n) is 47.4. The van der Waals surface area contributed by atoms with Gasteiger partial charge in [0.1, 0.15) is 22.3 Å². The van der Waals surface area contributed by atoms with E-state index >= 15 is 0 Å². The van der Waals surface area contributed by atoms with Crippen molar-refractivity contribution in [1.29, 1.82) is 0 Å². The van der Waals surface area contributed by atoms with Crippen LogP contribution in [-0.4, -0.2) is 49.8 Å². The second-order valence-corrected chi connectivity index (χ2v) is 37.3. The van der Waals surface area contributed by atoms with Crippen LogP contribution in [0.2, 0.25) is 0 Å². The lowest BCUT2D eigenvalue weighted by atomic mass is 9.82. The van der Waals surface area contributed by atoms with Crippen molar-refractivity contribution in [2.45, 2.75) is 38.5 Å². The lowest BCUT2D eigenvalue weighted by Gasteiger charge is -2.22. The van der Waals surface area contributed by atoms with Gasteiger partial charge in [-0.25, -0.2) is 49.8 Å². The molecule has 2 aliphatic rings. The van der Waals surface area contributed by atoms with Gasteiger partial charge >= 0.3 is 0 Å².